The molecule has 0 saturated carbocycles. The molecule has 1 heterocycles. The zero-order valence-electron chi connectivity index (χ0n) is 10.7. The summed E-state index contributed by atoms with van der Waals surface area (Å²) in [4.78, 5) is 2.62. The molecular formula is C13H28N2. The minimum absolute atomic E-state index is 0.655. The lowest BCUT2D eigenvalue weighted by atomic mass is 9.88. The third-order valence-electron chi connectivity index (χ3n) is 3.79. The number of hydrogen-bond acceptors (Lipinski definition) is 2. The quantitative estimate of drug-likeness (QED) is 0.758. The SMILES string of the molecule is CCC1CCN(CCC(C)C)C(CN)C1. The second-order valence-corrected chi connectivity index (χ2v) is 5.41. The first-order chi connectivity index (χ1) is 7.17. The van der Waals surface area contributed by atoms with Gasteiger partial charge < -0.3 is 5.73 Å². The van der Waals surface area contributed by atoms with Gasteiger partial charge in [0.15, 0.2) is 0 Å². The highest BCUT2D eigenvalue weighted by Crippen LogP contribution is 2.25. The first kappa shape index (κ1) is 13.0. The van der Waals surface area contributed by atoms with Gasteiger partial charge in [0.25, 0.3) is 0 Å². The van der Waals surface area contributed by atoms with E-state index in [1.54, 1.807) is 0 Å². The van der Waals surface area contributed by atoms with Gasteiger partial charge in [0.2, 0.25) is 0 Å². The fourth-order valence-electron chi connectivity index (χ4n) is 2.52. The molecule has 2 nitrogen and oxygen atoms in total. The van der Waals surface area contributed by atoms with Crippen molar-refractivity contribution in [1.82, 2.24) is 4.90 Å². The number of nitrogens with two attached hydrogens (primary N) is 1. The molecule has 2 heteroatoms. The van der Waals surface area contributed by atoms with Crippen LogP contribution in [-0.2, 0) is 0 Å². The standard InChI is InChI=1S/C13H28N2/c1-4-12-6-8-15(7-5-11(2)3)13(9-12)10-14/h11-13H,4-10,14H2,1-3H3. The van der Waals surface area contributed by atoms with Gasteiger partial charge in [-0.1, -0.05) is 27.2 Å². The highest BCUT2D eigenvalue weighted by Gasteiger charge is 2.26. The fourth-order valence-corrected chi connectivity index (χ4v) is 2.52. The van der Waals surface area contributed by atoms with Crippen molar-refractivity contribution in [1.29, 1.82) is 0 Å². The van der Waals surface area contributed by atoms with Crippen molar-refractivity contribution in [3.8, 4) is 0 Å². The van der Waals surface area contributed by atoms with Gasteiger partial charge in [0.1, 0.15) is 0 Å². The van der Waals surface area contributed by atoms with Crippen molar-refractivity contribution in [2.24, 2.45) is 17.6 Å². The summed E-state index contributed by atoms with van der Waals surface area (Å²) in [5.41, 5.74) is 5.88. The van der Waals surface area contributed by atoms with Crippen LogP contribution in [0.15, 0.2) is 0 Å². The lowest BCUT2D eigenvalue weighted by Crippen LogP contribution is -2.47. The minimum atomic E-state index is 0.655. The topological polar surface area (TPSA) is 29.3 Å². The maximum Gasteiger partial charge on any atom is 0.0221 e. The molecular weight excluding hydrogens is 184 g/mol. The van der Waals surface area contributed by atoms with Gasteiger partial charge in [-0.15, -0.1) is 0 Å². The van der Waals surface area contributed by atoms with E-state index in [1.165, 1.54) is 38.8 Å². The normalized spacial score (nSPS) is 28.6. The summed E-state index contributed by atoms with van der Waals surface area (Å²) < 4.78 is 0. The lowest BCUT2D eigenvalue weighted by molar-refractivity contribution is 0.109. The summed E-state index contributed by atoms with van der Waals surface area (Å²) in [6.45, 7) is 10.3. The molecule has 0 radical (unpaired) electrons. The summed E-state index contributed by atoms with van der Waals surface area (Å²) in [6, 6.07) is 0.655. The average Bonchev–Trinajstić information content (AvgIpc) is 2.25. The number of nitrogens with zero attached hydrogens (tertiary/aromatic N) is 1. The molecule has 0 spiro atoms. The van der Waals surface area contributed by atoms with Gasteiger partial charge in [0.05, 0.1) is 0 Å². The van der Waals surface area contributed by atoms with Crippen LogP contribution in [0, 0.1) is 11.8 Å². The molecule has 1 rings (SSSR count). The maximum atomic E-state index is 5.88. The molecule has 0 aromatic carbocycles. The molecule has 1 fully saturated rings. The zero-order chi connectivity index (χ0) is 11.3. The van der Waals surface area contributed by atoms with Crippen LogP contribution in [0.4, 0.5) is 0 Å². The summed E-state index contributed by atoms with van der Waals surface area (Å²) in [5.74, 6) is 1.74. The van der Waals surface area contributed by atoms with Gasteiger partial charge in [-0.2, -0.15) is 0 Å². The van der Waals surface area contributed by atoms with Crippen molar-refractivity contribution < 1.29 is 0 Å². The number of piperidine rings is 1. The average molecular weight is 212 g/mol. The minimum Gasteiger partial charge on any atom is -0.329 e. The van der Waals surface area contributed by atoms with Gasteiger partial charge in [-0.05, 0) is 44.2 Å². The van der Waals surface area contributed by atoms with Crippen LogP contribution in [0.5, 0.6) is 0 Å². The first-order valence-electron chi connectivity index (χ1n) is 6.61. The molecule has 2 N–H and O–H groups in total. The fraction of sp³-hybridized carbons (Fsp3) is 1.00. The van der Waals surface area contributed by atoms with Gasteiger partial charge in [0, 0.05) is 12.6 Å². The van der Waals surface area contributed by atoms with E-state index in [0.717, 1.165) is 18.4 Å². The number of rotatable bonds is 5. The van der Waals surface area contributed by atoms with E-state index in [9.17, 15) is 0 Å². The third kappa shape index (κ3) is 4.12. The van der Waals surface area contributed by atoms with E-state index >= 15 is 0 Å². The Balaban J connectivity index is 2.36. The molecule has 90 valence electrons. The molecule has 0 bridgehead atoms. The smallest absolute Gasteiger partial charge is 0.0221 e. The van der Waals surface area contributed by atoms with E-state index in [0.29, 0.717) is 6.04 Å². The summed E-state index contributed by atoms with van der Waals surface area (Å²) in [6.07, 6.45) is 5.35. The lowest BCUT2D eigenvalue weighted by Gasteiger charge is -2.39. The Morgan fingerprint density at radius 3 is 2.67 bits per heavy atom. The van der Waals surface area contributed by atoms with Crippen LogP contribution in [0.25, 0.3) is 0 Å². The summed E-state index contributed by atoms with van der Waals surface area (Å²) >= 11 is 0. The molecule has 0 amide bonds. The van der Waals surface area contributed by atoms with Gasteiger partial charge in [-0.3, -0.25) is 4.90 Å². The van der Waals surface area contributed by atoms with Crippen molar-refractivity contribution in [3.05, 3.63) is 0 Å². The van der Waals surface area contributed by atoms with Crippen LogP contribution in [0.2, 0.25) is 0 Å². The monoisotopic (exact) mass is 212 g/mol. The molecule has 1 aliphatic heterocycles. The molecule has 1 saturated heterocycles. The second kappa shape index (κ2) is 6.49. The molecule has 15 heavy (non-hydrogen) atoms. The van der Waals surface area contributed by atoms with Crippen molar-refractivity contribution >= 4 is 0 Å². The van der Waals surface area contributed by atoms with E-state index in [-0.39, 0.29) is 0 Å². The predicted molar refractivity (Wildman–Crippen MR) is 66.9 cm³/mol. The zero-order valence-corrected chi connectivity index (χ0v) is 10.7. The third-order valence-corrected chi connectivity index (χ3v) is 3.79. The number of hydrogen-bond donors (Lipinski definition) is 1. The maximum absolute atomic E-state index is 5.88. The molecule has 0 aliphatic carbocycles. The Morgan fingerprint density at radius 2 is 2.13 bits per heavy atom. The molecule has 2 unspecified atom stereocenters. The first-order valence-corrected chi connectivity index (χ1v) is 6.61. The van der Waals surface area contributed by atoms with Crippen molar-refractivity contribution in [2.75, 3.05) is 19.6 Å². The summed E-state index contributed by atoms with van der Waals surface area (Å²) in [5, 5.41) is 0. The highest BCUT2D eigenvalue weighted by molar-refractivity contribution is 4.82. The Labute approximate surface area is 95.2 Å². The largest absolute Gasteiger partial charge is 0.329 e. The number of likely N-dealkylation sites (tertiary alicyclic amines) is 1. The molecule has 1 aliphatic rings. The summed E-state index contributed by atoms with van der Waals surface area (Å²) in [7, 11) is 0. The van der Waals surface area contributed by atoms with Crippen molar-refractivity contribution in [2.45, 2.75) is 52.5 Å². The predicted octanol–water partition coefficient (Wildman–Crippen LogP) is 2.48. The van der Waals surface area contributed by atoms with Crippen LogP contribution in [-0.4, -0.2) is 30.6 Å². The van der Waals surface area contributed by atoms with Gasteiger partial charge in [-0.25, -0.2) is 0 Å². The van der Waals surface area contributed by atoms with Crippen molar-refractivity contribution in [3.63, 3.8) is 0 Å². The Hall–Kier alpha value is -0.0800. The van der Waals surface area contributed by atoms with Crippen LogP contribution >= 0.6 is 0 Å². The molecule has 0 aromatic heterocycles. The highest BCUT2D eigenvalue weighted by atomic mass is 15.2. The molecule has 2 atom stereocenters. The van der Waals surface area contributed by atoms with E-state index in [2.05, 4.69) is 25.7 Å². The van der Waals surface area contributed by atoms with E-state index in [1.807, 2.05) is 0 Å². The van der Waals surface area contributed by atoms with E-state index in [4.69, 9.17) is 5.73 Å². The Kier molecular flexibility index (Phi) is 5.62. The van der Waals surface area contributed by atoms with Crippen LogP contribution in [0.3, 0.4) is 0 Å². The molecule has 0 aromatic rings. The van der Waals surface area contributed by atoms with Crippen LogP contribution < -0.4 is 5.73 Å². The Bertz CT molecular complexity index is 168. The second-order valence-electron chi connectivity index (χ2n) is 5.41. The van der Waals surface area contributed by atoms with Crippen LogP contribution in [0.1, 0.15) is 46.5 Å². The Morgan fingerprint density at radius 1 is 1.40 bits per heavy atom. The van der Waals surface area contributed by atoms with E-state index < -0.39 is 0 Å². The van der Waals surface area contributed by atoms with Gasteiger partial charge >= 0.3 is 0 Å².